The van der Waals surface area contributed by atoms with Crippen LogP contribution in [0.5, 0.6) is 0 Å². The van der Waals surface area contributed by atoms with Gasteiger partial charge in [-0.25, -0.2) is 4.79 Å². The molecule has 0 aliphatic rings. The van der Waals surface area contributed by atoms with Crippen LogP contribution < -0.4 is 11.2 Å². The molecule has 1 aromatic heterocycles. The normalized spacial score (nSPS) is 12.7. The predicted octanol–water partition coefficient (Wildman–Crippen LogP) is 0.0648. The minimum atomic E-state index is -0.284. The van der Waals surface area contributed by atoms with E-state index < -0.39 is 0 Å². The van der Waals surface area contributed by atoms with Crippen LogP contribution in [0.3, 0.4) is 0 Å². The Labute approximate surface area is 87.9 Å². The highest BCUT2D eigenvalue weighted by Crippen LogP contribution is 1.89. The van der Waals surface area contributed by atoms with Gasteiger partial charge in [0.1, 0.15) is 0 Å². The van der Waals surface area contributed by atoms with Crippen LogP contribution >= 0.6 is 0 Å². The summed E-state index contributed by atoms with van der Waals surface area (Å²) in [5.41, 5.74) is -0.567. The van der Waals surface area contributed by atoms with Gasteiger partial charge in [-0.15, -0.1) is 0 Å². The summed E-state index contributed by atoms with van der Waals surface area (Å²) in [5.74, 6) is 0. The Bertz CT molecular complexity index is 433. The Morgan fingerprint density at radius 2 is 2.13 bits per heavy atom. The van der Waals surface area contributed by atoms with Crippen molar-refractivity contribution in [2.24, 2.45) is 0 Å². The van der Waals surface area contributed by atoms with Crippen LogP contribution in [-0.4, -0.2) is 22.3 Å². The topological polar surface area (TPSA) is 53.2 Å². The first-order valence-electron chi connectivity index (χ1n) is 4.93. The van der Waals surface area contributed by atoms with Gasteiger partial charge in [0.05, 0.1) is 12.6 Å². The van der Waals surface area contributed by atoms with Gasteiger partial charge < -0.3 is 9.30 Å². The van der Waals surface area contributed by atoms with Crippen LogP contribution in [0.1, 0.15) is 13.8 Å². The van der Waals surface area contributed by atoms with E-state index in [0.29, 0.717) is 6.54 Å². The van der Waals surface area contributed by atoms with Gasteiger partial charge in [0.25, 0.3) is 5.56 Å². The molecule has 0 aliphatic heterocycles. The number of nitrogens with zero attached hydrogens (tertiary/aromatic N) is 2. The summed E-state index contributed by atoms with van der Waals surface area (Å²) in [4.78, 5) is 23.2. The average molecular weight is 212 g/mol. The summed E-state index contributed by atoms with van der Waals surface area (Å²) < 4.78 is 7.71. The highest BCUT2D eigenvalue weighted by molar-refractivity contribution is 4.86. The lowest BCUT2D eigenvalue weighted by atomic mass is 10.4. The minimum absolute atomic E-state index is 0.150. The Balaban J connectivity index is 3.16. The molecule has 5 nitrogen and oxygen atoms in total. The molecular formula is C10H16N2O3. The highest BCUT2D eigenvalue weighted by atomic mass is 16.5. The van der Waals surface area contributed by atoms with Crippen molar-refractivity contribution in [2.45, 2.75) is 33.0 Å². The monoisotopic (exact) mass is 212 g/mol. The number of aromatic nitrogens is 2. The van der Waals surface area contributed by atoms with Crippen molar-refractivity contribution in [3.05, 3.63) is 33.1 Å². The van der Waals surface area contributed by atoms with E-state index in [1.54, 1.807) is 7.11 Å². The molecule has 0 saturated heterocycles. The second-order valence-corrected chi connectivity index (χ2v) is 3.38. The van der Waals surface area contributed by atoms with Crippen molar-refractivity contribution in [3.8, 4) is 0 Å². The Hall–Kier alpha value is -1.36. The summed E-state index contributed by atoms with van der Waals surface area (Å²) >= 11 is 0. The number of aryl methyl sites for hydroxylation is 1. The molecule has 1 aromatic rings. The quantitative estimate of drug-likeness (QED) is 0.709. The number of hydrogen-bond donors (Lipinski definition) is 0. The van der Waals surface area contributed by atoms with Crippen LogP contribution in [0.15, 0.2) is 21.9 Å². The van der Waals surface area contributed by atoms with Crippen molar-refractivity contribution in [3.63, 3.8) is 0 Å². The van der Waals surface area contributed by atoms with Crippen molar-refractivity contribution in [2.75, 3.05) is 7.11 Å². The van der Waals surface area contributed by atoms with Gasteiger partial charge in [0.15, 0.2) is 0 Å². The molecule has 1 heterocycles. The molecular weight excluding hydrogens is 196 g/mol. The van der Waals surface area contributed by atoms with E-state index in [9.17, 15) is 9.59 Å². The molecule has 0 amide bonds. The molecule has 1 unspecified atom stereocenters. The molecule has 0 saturated carbocycles. The second kappa shape index (κ2) is 4.93. The first kappa shape index (κ1) is 11.7. The molecule has 0 bridgehead atoms. The predicted molar refractivity (Wildman–Crippen MR) is 57.1 cm³/mol. The van der Waals surface area contributed by atoms with Crippen LogP contribution in [0.2, 0.25) is 0 Å². The first-order valence-corrected chi connectivity index (χ1v) is 4.93. The maximum absolute atomic E-state index is 11.7. The highest BCUT2D eigenvalue weighted by Gasteiger charge is 2.07. The molecule has 5 heteroatoms. The molecule has 0 radical (unpaired) electrons. The van der Waals surface area contributed by atoms with Crippen molar-refractivity contribution >= 4 is 0 Å². The average Bonchev–Trinajstić information content (AvgIpc) is 2.24. The fourth-order valence-corrected chi connectivity index (χ4v) is 1.30. The molecule has 0 aliphatic carbocycles. The summed E-state index contributed by atoms with van der Waals surface area (Å²) in [6.07, 6.45) is 1.36. The third kappa shape index (κ3) is 2.56. The van der Waals surface area contributed by atoms with Gasteiger partial charge in [-0.05, 0) is 13.8 Å². The number of hydrogen-bond acceptors (Lipinski definition) is 3. The van der Waals surface area contributed by atoms with Gasteiger partial charge in [-0.2, -0.15) is 0 Å². The largest absolute Gasteiger partial charge is 0.380 e. The zero-order valence-electron chi connectivity index (χ0n) is 9.27. The Morgan fingerprint density at radius 1 is 1.47 bits per heavy atom. The lowest BCUT2D eigenvalue weighted by Gasteiger charge is -2.12. The molecule has 1 atom stereocenters. The maximum Gasteiger partial charge on any atom is 0.331 e. The number of methoxy groups -OCH3 is 1. The van der Waals surface area contributed by atoms with E-state index in [1.165, 1.54) is 21.4 Å². The molecule has 0 spiro atoms. The van der Waals surface area contributed by atoms with Crippen LogP contribution in [-0.2, 0) is 17.8 Å². The smallest absolute Gasteiger partial charge is 0.331 e. The van der Waals surface area contributed by atoms with Crippen molar-refractivity contribution in [1.82, 2.24) is 9.13 Å². The third-order valence-corrected chi connectivity index (χ3v) is 2.32. The fourth-order valence-electron chi connectivity index (χ4n) is 1.30. The molecule has 0 N–H and O–H groups in total. The zero-order valence-corrected chi connectivity index (χ0v) is 9.27. The summed E-state index contributed by atoms with van der Waals surface area (Å²) in [5, 5.41) is 0. The van der Waals surface area contributed by atoms with E-state index in [1.807, 2.05) is 13.8 Å². The lowest BCUT2D eigenvalue weighted by molar-refractivity contribution is 0.100. The van der Waals surface area contributed by atoms with Crippen molar-refractivity contribution < 1.29 is 4.74 Å². The minimum Gasteiger partial charge on any atom is -0.380 e. The zero-order chi connectivity index (χ0) is 11.4. The van der Waals surface area contributed by atoms with Crippen LogP contribution in [0.4, 0.5) is 0 Å². The van der Waals surface area contributed by atoms with Crippen LogP contribution in [0, 0.1) is 0 Å². The van der Waals surface area contributed by atoms with E-state index in [-0.39, 0.29) is 23.9 Å². The number of ether oxygens (including phenoxy) is 1. The van der Waals surface area contributed by atoms with E-state index >= 15 is 0 Å². The van der Waals surface area contributed by atoms with Gasteiger partial charge >= 0.3 is 5.69 Å². The summed E-state index contributed by atoms with van der Waals surface area (Å²) in [6, 6.07) is 1.40. The van der Waals surface area contributed by atoms with Gasteiger partial charge in [0.2, 0.25) is 0 Å². The van der Waals surface area contributed by atoms with Gasteiger partial charge in [-0.1, -0.05) is 0 Å². The Kier molecular flexibility index (Phi) is 3.85. The molecule has 0 fully saturated rings. The van der Waals surface area contributed by atoms with Crippen molar-refractivity contribution in [1.29, 1.82) is 0 Å². The van der Waals surface area contributed by atoms with Gasteiger partial charge in [-0.3, -0.25) is 9.36 Å². The van der Waals surface area contributed by atoms with E-state index in [4.69, 9.17) is 4.74 Å². The summed E-state index contributed by atoms with van der Waals surface area (Å²) in [6.45, 7) is 4.51. The lowest BCUT2D eigenvalue weighted by Crippen LogP contribution is -2.41. The molecule has 84 valence electrons. The van der Waals surface area contributed by atoms with Crippen LogP contribution in [0.25, 0.3) is 0 Å². The summed E-state index contributed by atoms with van der Waals surface area (Å²) in [7, 11) is 1.55. The maximum atomic E-state index is 11.7. The second-order valence-electron chi connectivity index (χ2n) is 3.38. The molecule has 0 aromatic carbocycles. The Morgan fingerprint density at radius 3 is 2.67 bits per heavy atom. The first-order chi connectivity index (χ1) is 7.10. The molecule has 1 rings (SSSR count). The van der Waals surface area contributed by atoms with E-state index in [0.717, 1.165) is 0 Å². The fraction of sp³-hybridized carbons (Fsp3) is 0.600. The third-order valence-electron chi connectivity index (χ3n) is 2.32. The number of rotatable bonds is 4. The standard InChI is InChI=1S/C10H16N2O3/c1-4-11-6-5-9(13)12(10(11)14)7-8(2)15-3/h5-6,8H,4,7H2,1-3H3. The van der Waals surface area contributed by atoms with Gasteiger partial charge in [0, 0.05) is 25.9 Å². The molecule has 15 heavy (non-hydrogen) atoms. The van der Waals surface area contributed by atoms with E-state index in [2.05, 4.69) is 0 Å². The SMILES string of the molecule is CCn1ccc(=O)n(CC(C)OC)c1=O.